The Morgan fingerprint density at radius 2 is 2.14 bits per heavy atom. The number of fused-ring (bicyclic) bond motifs is 1. The fraction of sp³-hybridized carbons (Fsp3) is 0.529. The maximum Gasteiger partial charge on any atom is 0.228 e. The molecule has 1 aliphatic carbocycles. The smallest absolute Gasteiger partial charge is 0.228 e. The van der Waals surface area contributed by atoms with E-state index >= 15 is 0 Å². The van der Waals surface area contributed by atoms with E-state index in [-0.39, 0.29) is 17.7 Å². The third-order valence-electron chi connectivity index (χ3n) is 4.33. The molecule has 22 heavy (non-hydrogen) atoms. The summed E-state index contributed by atoms with van der Waals surface area (Å²) in [6, 6.07) is 8.07. The molecule has 0 saturated heterocycles. The second-order valence-corrected chi connectivity index (χ2v) is 7.21. The van der Waals surface area contributed by atoms with E-state index in [0.717, 1.165) is 30.8 Å². The standard InChI is InChI=1S/C17H22N2O2S/c1-12-11-13(12)17(21)18-8-7-16(20)19-9-4-10-22-15-6-3-2-5-14(15)19/h2-3,5-6,12-13H,4,7-11H2,1H3,(H,18,21)/t12-,13-/m1/s1. The summed E-state index contributed by atoms with van der Waals surface area (Å²) in [6.07, 6.45) is 2.35. The van der Waals surface area contributed by atoms with Gasteiger partial charge in [0.25, 0.3) is 0 Å². The average Bonchev–Trinajstić information content (AvgIpc) is 3.28. The first-order valence-corrected chi connectivity index (χ1v) is 8.95. The van der Waals surface area contributed by atoms with E-state index in [9.17, 15) is 9.59 Å². The number of thioether (sulfide) groups is 1. The summed E-state index contributed by atoms with van der Waals surface area (Å²) < 4.78 is 0. The number of nitrogens with one attached hydrogen (secondary N) is 1. The summed E-state index contributed by atoms with van der Waals surface area (Å²) in [7, 11) is 0. The Labute approximate surface area is 135 Å². The third-order valence-corrected chi connectivity index (χ3v) is 5.47. The van der Waals surface area contributed by atoms with Gasteiger partial charge in [-0.3, -0.25) is 9.59 Å². The molecule has 4 nitrogen and oxygen atoms in total. The maximum absolute atomic E-state index is 12.5. The van der Waals surface area contributed by atoms with Crippen LogP contribution in [0.1, 0.15) is 26.2 Å². The number of nitrogens with zero attached hydrogens (tertiary/aromatic N) is 1. The molecule has 2 aliphatic rings. The van der Waals surface area contributed by atoms with Gasteiger partial charge in [0, 0.05) is 30.3 Å². The Balaban J connectivity index is 1.56. The van der Waals surface area contributed by atoms with Gasteiger partial charge in [-0.15, -0.1) is 11.8 Å². The van der Waals surface area contributed by atoms with E-state index in [1.165, 1.54) is 4.90 Å². The van der Waals surface area contributed by atoms with Crippen LogP contribution in [0.25, 0.3) is 0 Å². The number of rotatable bonds is 4. The molecule has 1 aromatic rings. The number of amides is 2. The van der Waals surface area contributed by atoms with Crippen molar-refractivity contribution in [2.75, 3.05) is 23.7 Å². The Hall–Kier alpha value is -1.49. The van der Waals surface area contributed by atoms with E-state index < -0.39 is 0 Å². The minimum absolute atomic E-state index is 0.0964. The molecule has 1 aliphatic heterocycles. The highest BCUT2D eigenvalue weighted by Gasteiger charge is 2.38. The topological polar surface area (TPSA) is 49.4 Å². The molecular formula is C17H22N2O2S. The average molecular weight is 318 g/mol. The number of benzene rings is 1. The summed E-state index contributed by atoms with van der Waals surface area (Å²) in [4.78, 5) is 27.3. The minimum Gasteiger partial charge on any atom is -0.355 e. The first kappa shape index (κ1) is 15.4. The molecule has 0 bridgehead atoms. The number of anilines is 1. The van der Waals surface area contributed by atoms with E-state index in [2.05, 4.69) is 18.3 Å². The summed E-state index contributed by atoms with van der Waals surface area (Å²) in [5, 5.41) is 2.89. The number of para-hydroxylation sites is 1. The van der Waals surface area contributed by atoms with Gasteiger partial charge < -0.3 is 10.2 Å². The van der Waals surface area contributed by atoms with Crippen molar-refractivity contribution in [3.05, 3.63) is 24.3 Å². The second kappa shape index (κ2) is 6.73. The molecule has 1 saturated carbocycles. The van der Waals surface area contributed by atoms with Gasteiger partial charge in [0.2, 0.25) is 11.8 Å². The van der Waals surface area contributed by atoms with Crippen LogP contribution < -0.4 is 10.2 Å². The maximum atomic E-state index is 12.5. The summed E-state index contributed by atoms with van der Waals surface area (Å²) in [5.74, 6) is 1.92. The van der Waals surface area contributed by atoms with Gasteiger partial charge in [-0.05, 0) is 36.6 Å². The zero-order chi connectivity index (χ0) is 15.5. The van der Waals surface area contributed by atoms with Crippen LogP contribution >= 0.6 is 11.8 Å². The van der Waals surface area contributed by atoms with E-state index in [1.54, 1.807) is 0 Å². The van der Waals surface area contributed by atoms with Crippen LogP contribution in [-0.4, -0.2) is 30.7 Å². The summed E-state index contributed by atoms with van der Waals surface area (Å²) in [5.41, 5.74) is 1.01. The molecule has 0 unspecified atom stereocenters. The van der Waals surface area contributed by atoms with Crippen molar-refractivity contribution in [3.63, 3.8) is 0 Å². The van der Waals surface area contributed by atoms with E-state index in [0.29, 0.717) is 18.9 Å². The lowest BCUT2D eigenvalue weighted by molar-refractivity contribution is -0.122. The lowest BCUT2D eigenvalue weighted by atomic mass is 10.2. The van der Waals surface area contributed by atoms with Gasteiger partial charge in [-0.2, -0.15) is 0 Å². The molecule has 118 valence electrons. The second-order valence-electron chi connectivity index (χ2n) is 6.08. The number of hydrogen-bond donors (Lipinski definition) is 1. The molecule has 1 fully saturated rings. The predicted molar refractivity (Wildman–Crippen MR) is 89.0 cm³/mol. The Morgan fingerprint density at radius 1 is 1.36 bits per heavy atom. The summed E-state index contributed by atoms with van der Waals surface area (Å²) in [6.45, 7) is 3.28. The fourth-order valence-corrected chi connectivity index (χ4v) is 3.83. The lowest BCUT2D eigenvalue weighted by Crippen LogP contribution is -2.35. The largest absolute Gasteiger partial charge is 0.355 e. The highest BCUT2D eigenvalue weighted by Crippen LogP contribution is 2.37. The summed E-state index contributed by atoms with van der Waals surface area (Å²) >= 11 is 1.81. The fourth-order valence-electron chi connectivity index (χ4n) is 2.83. The predicted octanol–water partition coefficient (Wildman–Crippen LogP) is 2.68. The Kier molecular flexibility index (Phi) is 4.71. The minimum atomic E-state index is 0.0964. The van der Waals surface area contributed by atoms with Crippen LogP contribution in [0, 0.1) is 11.8 Å². The van der Waals surface area contributed by atoms with Gasteiger partial charge in [0.05, 0.1) is 5.69 Å². The zero-order valence-corrected chi connectivity index (χ0v) is 13.7. The van der Waals surface area contributed by atoms with Crippen molar-refractivity contribution in [2.45, 2.75) is 31.1 Å². The van der Waals surface area contributed by atoms with Gasteiger partial charge in [-0.1, -0.05) is 19.1 Å². The Bertz CT molecular complexity index is 576. The highest BCUT2D eigenvalue weighted by atomic mass is 32.2. The first-order chi connectivity index (χ1) is 10.7. The number of carbonyl (C=O) groups is 2. The first-order valence-electron chi connectivity index (χ1n) is 7.96. The van der Waals surface area contributed by atoms with Crippen LogP contribution in [-0.2, 0) is 9.59 Å². The third kappa shape index (κ3) is 3.46. The number of carbonyl (C=O) groups excluding carboxylic acids is 2. The highest BCUT2D eigenvalue weighted by molar-refractivity contribution is 7.99. The molecule has 5 heteroatoms. The van der Waals surface area contributed by atoms with Crippen molar-refractivity contribution in [2.24, 2.45) is 11.8 Å². The van der Waals surface area contributed by atoms with Gasteiger partial charge >= 0.3 is 0 Å². The molecule has 0 radical (unpaired) electrons. The van der Waals surface area contributed by atoms with Crippen LogP contribution in [0.5, 0.6) is 0 Å². The Morgan fingerprint density at radius 3 is 2.91 bits per heavy atom. The van der Waals surface area contributed by atoms with Gasteiger partial charge in [-0.25, -0.2) is 0 Å². The SMILES string of the molecule is C[C@@H]1C[C@H]1C(=O)NCCC(=O)N1CCCSc2ccccc21. The molecule has 1 heterocycles. The zero-order valence-electron chi connectivity index (χ0n) is 12.9. The molecule has 0 spiro atoms. The molecule has 3 rings (SSSR count). The monoisotopic (exact) mass is 318 g/mol. The number of hydrogen-bond acceptors (Lipinski definition) is 3. The quantitative estimate of drug-likeness (QED) is 0.928. The van der Waals surface area contributed by atoms with Crippen molar-refractivity contribution in [1.29, 1.82) is 0 Å². The van der Waals surface area contributed by atoms with Gasteiger partial charge in [0.1, 0.15) is 0 Å². The van der Waals surface area contributed by atoms with Crippen molar-refractivity contribution < 1.29 is 9.59 Å². The molecule has 2 atom stereocenters. The normalized spacial score (nSPS) is 23.4. The van der Waals surface area contributed by atoms with E-state index in [1.807, 2.05) is 34.9 Å². The van der Waals surface area contributed by atoms with Crippen molar-refractivity contribution >= 4 is 29.3 Å². The molecule has 2 amide bonds. The van der Waals surface area contributed by atoms with Crippen LogP contribution in [0.15, 0.2) is 29.2 Å². The van der Waals surface area contributed by atoms with Crippen molar-refractivity contribution in [3.8, 4) is 0 Å². The lowest BCUT2D eigenvalue weighted by Gasteiger charge is -2.22. The van der Waals surface area contributed by atoms with Gasteiger partial charge in [0.15, 0.2) is 0 Å². The van der Waals surface area contributed by atoms with Crippen molar-refractivity contribution in [1.82, 2.24) is 5.32 Å². The van der Waals surface area contributed by atoms with Crippen LogP contribution in [0.4, 0.5) is 5.69 Å². The molecular weight excluding hydrogens is 296 g/mol. The molecule has 1 N–H and O–H groups in total. The molecule has 0 aromatic heterocycles. The van der Waals surface area contributed by atoms with E-state index in [4.69, 9.17) is 0 Å². The van der Waals surface area contributed by atoms with Crippen LogP contribution in [0.3, 0.4) is 0 Å². The van der Waals surface area contributed by atoms with Crippen LogP contribution in [0.2, 0.25) is 0 Å². The molecule has 1 aromatic carbocycles.